The number of rotatable bonds is 6. The summed E-state index contributed by atoms with van der Waals surface area (Å²) in [4.78, 5) is 14.0. The molecule has 1 saturated heterocycles. The lowest BCUT2D eigenvalue weighted by Crippen LogP contribution is -2.26. The SMILES string of the molecule is C.C1CCOC1.CN(CCO)c1ccc(Br)c(C(F)(F)F)c1.COC(=O)CN(C)c1ccc(Br)c(C(F)(F)F)c1. The van der Waals surface area contributed by atoms with Crippen LogP contribution in [0.3, 0.4) is 0 Å². The van der Waals surface area contributed by atoms with Crippen molar-refractivity contribution in [3.05, 3.63) is 56.5 Å². The second kappa shape index (κ2) is 17.7. The zero-order valence-electron chi connectivity index (χ0n) is 21.5. The molecule has 0 atom stereocenters. The van der Waals surface area contributed by atoms with Crippen molar-refractivity contribution in [3.8, 4) is 0 Å². The van der Waals surface area contributed by atoms with Gasteiger partial charge in [-0.3, -0.25) is 4.79 Å². The third-order valence-corrected chi connectivity index (χ3v) is 6.63. The van der Waals surface area contributed by atoms with E-state index in [2.05, 4.69) is 36.6 Å². The first kappa shape index (κ1) is 38.0. The first-order valence-corrected chi connectivity index (χ1v) is 13.1. The Balaban J connectivity index is 0.000000635. The summed E-state index contributed by atoms with van der Waals surface area (Å²) in [6.45, 7) is 2.07. The molecule has 228 valence electrons. The Labute approximate surface area is 247 Å². The van der Waals surface area contributed by atoms with Crippen LogP contribution in [0.15, 0.2) is 45.3 Å². The van der Waals surface area contributed by atoms with Crippen molar-refractivity contribution >= 4 is 49.2 Å². The molecule has 0 amide bonds. The van der Waals surface area contributed by atoms with E-state index in [9.17, 15) is 31.1 Å². The van der Waals surface area contributed by atoms with E-state index in [1.165, 1.54) is 50.1 Å². The average molecular weight is 712 g/mol. The van der Waals surface area contributed by atoms with Crippen molar-refractivity contribution in [2.24, 2.45) is 0 Å². The number of benzene rings is 2. The Bertz CT molecular complexity index is 1040. The van der Waals surface area contributed by atoms with Gasteiger partial charge in [0.15, 0.2) is 0 Å². The van der Waals surface area contributed by atoms with Crippen LogP contribution in [0, 0.1) is 0 Å². The lowest BCUT2D eigenvalue weighted by atomic mass is 10.2. The normalized spacial score (nSPS) is 12.7. The summed E-state index contributed by atoms with van der Waals surface area (Å²) in [6, 6.07) is 7.74. The number of carbonyl (C=O) groups is 1. The summed E-state index contributed by atoms with van der Waals surface area (Å²) >= 11 is 5.72. The first-order valence-electron chi connectivity index (χ1n) is 11.5. The van der Waals surface area contributed by atoms with Crippen LogP contribution < -0.4 is 9.80 Å². The number of halogens is 8. The second-order valence-electron chi connectivity index (χ2n) is 8.22. The molecule has 2 aromatic rings. The molecule has 3 rings (SSSR count). The van der Waals surface area contributed by atoms with E-state index in [4.69, 9.17) is 9.84 Å². The predicted octanol–water partition coefficient (Wildman–Crippen LogP) is 7.41. The van der Waals surface area contributed by atoms with Crippen molar-refractivity contribution in [2.75, 3.05) is 63.9 Å². The Morgan fingerprint density at radius 2 is 1.32 bits per heavy atom. The van der Waals surface area contributed by atoms with Gasteiger partial charge in [0.05, 0.1) is 24.8 Å². The number of ether oxygens (including phenoxy) is 2. The minimum absolute atomic E-state index is 0. The summed E-state index contributed by atoms with van der Waals surface area (Å²) in [5, 5.41) is 8.71. The van der Waals surface area contributed by atoms with Gasteiger partial charge < -0.3 is 24.4 Å². The monoisotopic (exact) mass is 710 g/mol. The van der Waals surface area contributed by atoms with Gasteiger partial charge in [-0.15, -0.1) is 0 Å². The zero-order chi connectivity index (χ0) is 29.8. The van der Waals surface area contributed by atoms with Crippen LogP contribution in [0.5, 0.6) is 0 Å². The van der Waals surface area contributed by atoms with Gasteiger partial charge in [0.25, 0.3) is 0 Å². The van der Waals surface area contributed by atoms with Gasteiger partial charge in [-0.2, -0.15) is 26.3 Å². The molecule has 0 radical (unpaired) electrons. The van der Waals surface area contributed by atoms with Crippen LogP contribution >= 0.6 is 31.9 Å². The van der Waals surface area contributed by atoms with Crippen molar-refractivity contribution in [1.82, 2.24) is 0 Å². The maximum atomic E-state index is 12.7. The van der Waals surface area contributed by atoms with E-state index in [0.29, 0.717) is 12.2 Å². The maximum absolute atomic E-state index is 12.7. The van der Waals surface area contributed by atoms with Gasteiger partial charge in [0.1, 0.15) is 6.54 Å². The fourth-order valence-electron chi connectivity index (χ4n) is 3.07. The number of carbonyl (C=O) groups excluding carboxylic acids is 1. The standard InChI is InChI=1S/C11H11BrF3NO2.C10H11BrF3NO.C4H8O.CH4/c1-16(6-10(17)18-2)7-3-4-9(12)8(5-7)11(13,14)15;1-15(4-5-16)7-2-3-9(11)8(6-7)10(12,13)14;1-2-4-5-3-1;/h3-5H,6H2,1-2H3;2-3,6,16H,4-5H2,1H3;1-4H2;1H4. The summed E-state index contributed by atoms with van der Waals surface area (Å²) in [5.74, 6) is -0.519. The molecule has 40 heavy (non-hydrogen) atoms. The fraction of sp³-hybridized carbons (Fsp3) is 0.500. The summed E-state index contributed by atoms with van der Waals surface area (Å²) in [5.41, 5.74) is -0.785. The molecule has 14 heteroatoms. The van der Waals surface area contributed by atoms with E-state index in [1.54, 1.807) is 18.0 Å². The first-order chi connectivity index (χ1) is 18.1. The number of hydrogen-bond donors (Lipinski definition) is 1. The Kier molecular flexibility index (Phi) is 16.8. The Morgan fingerprint density at radius 3 is 1.65 bits per heavy atom. The zero-order valence-corrected chi connectivity index (χ0v) is 24.7. The molecule has 2 aromatic carbocycles. The number of likely N-dealkylation sites (N-methyl/N-ethyl adjacent to an activating group) is 2. The van der Waals surface area contributed by atoms with Crippen molar-refractivity contribution in [3.63, 3.8) is 0 Å². The predicted molar refractivity (Wildman–Crippen MR) is 151 cm³/mol. The van der Waals surface area contributed by atoms with Gasteiger partial charge >= 0.3 is 18.3 Å². The number of methoxy groups -OCH3 is 1. The van der Waals surface area contributed by atoms with Crippen LogP contribution in [0.2, 0.25) is 0 Å². The summed E-state index contributed by atoms with van der Waals surface area (Å²) in [6.07, 6.45) is -6.27. The molecular formula is C26H34Br2F6N2O4. The molecule has 0 bridgehead atoms. The summed E-state index contributed by atoms with van der Waals surface area (Å²) in [7, 11) is 4.36. The molecule has 1 aliphatic heterocycles. The highest BCUT2D eigenvalue weighted by Crippen LogP contribution is 2.38. The highest BCUT2D eigenvalue weighted by molar-refractivity contribution is 9.10. The van der Waals surface area contributed by atoms with E-state index in [-0.39, 0.29) is 35.2 Å². The number of aliphatic hydroxyl groups excluding tert-OH is 1. The Morgan fingerprint density at radius 1 is 0.900 bits per heavy atom. The minimum atomic E-state index is -4.44. The molecule has 6 nitrogen and oxygen atoms in total. The van der Waals surface area contributed by atoms with Gasteiger partial charge in [-0.05, 0) is 49.2 Å². The molecule has 0 spiro atoms. The number of hydrogen-bond acceptors (Lipinski definition) is 6. The van der Waals surface area contributed by atoms with Gasteiger partial charge in [-0.1, -0.05) is 39.3 Å². The molecule has 0 aliphatic carbocycles. The number of esters is 1. The van der Waals surface area contributed by atoms with Gasteiger partial charge in [0, 0.05) is 54.2 Å². The maximum Gasteiger partial charge on any atom is 0.417 e. The average Bonchev–Trinajstić information content (AvgIpc) is 3.44. The van der Waals surface area contributed by atoms with Crippen LogP contribution in [0.25, 0.3) is 0 Å². The number of anilines is 2. The van der Waals surface area contributed by atoms with E-state index in [0.717, 1.165) is 25.3 Å². The second-order valence-corrected chi connectivity index (χ2v) is 9.93. The van der Waals surface area contributed by atoms with E-state index < -0.39 is 29.4 Å². The molecule has 1 heterocycles. The largest absolute Gasteiger partial charge is 0.468 e. The van der Waals surface area contributed by atoms with Crippen LogP contribution in [0.1, 0.15) is 31.4 Å². The quantitative estimate of drug-likeness (QED) is 0.249. The number of alkyl halides is 6. The van der Waals surface area contributed by atoms with Crippen molar-refractivity contribution in [2.45, 2.75) is 32.6 Å². The van der Waals surface area contributed by atoms with Gasteiger partial charge in [-0.25, -0.2) is 0 Å². The highest BCUT2D eigenvalue weighted by atomic mass is 79.9. The topological polar surface area (TPSA) is 62.2 Å². The lowest BCUT2D eigenvalue weighted by molar-refractivity contribution is -0.139. The van der Waals surface area contributed by atoms with Crippen LogP contribution in [0.4, 0.5) is 37.7 Å². The van der Waals surface area contributed by atoms with Gasteiger partial charge in [0.2, 0.25) is 0 Å². The lowest BCUT2D eigenvalue weighted by Gasteiger charge is -2.20. The Hall–Kier alpha value is -2.03. The third-order valence-electron chi connectivity index (χ3n) is 5.25. The molecule has 0 saturated carbocycles. The molecule has 1 N–H and O–H groups in total. The van der Waals surface area contributed by atoms with E-state index >= 15 is 0 Å². The van der Waals surface area contributed by atoms with E-state index in [1.807, 2.05) is 0 Å². The fourth-order valence-corrected chi connectivity index (χ4v) is 4.02. The number of aliphatic hydroxyl groups is 1. The third kappa shape index (κ3) is 13.1. The van der Waals surface area contributed by atoms with Crippen molar-refractivity contribution in [1.29, 1.82) is 0 Å². The highest BCUT2D eigenvalue weighted by Gasteiger charge is 2.34. The molecule has 0 aromatic heterocycles. The smallest absolute Gasteiger partial charge is 0.417 e. The van der Waals surface area contributed by atoms with Crippen LogP contribution in [-0.2, 0) is 26.6 Å². The molecule has 1 fully saturated rings. The minimum Gasteiger partial charge on any atom is -0.468 e. The molecule has 1 aliphatic rings. The molecule has 0 unspecified atom stereocenters. The number of nitrogens with zero attached hydrogens (tertiary/aromatic N) is 2. The van der Waals surface area contributed by atoms with Crippen LogP contribution in [-0.4, -0.2) is 65.2 Å². The molecular weight excluding hydrogens is 678 g/mol. The van der Waals surface area contributed by atoms with Crippen molar-refractivity contribution < 1.29 is 45.7 Å². The summed E-state index contributed by atoms with van der Waals surface area (Å²) < 4.78 is 85.2.